The van der Waals surface area contributed by atoms with Crippen molar-refractivity contribution in [2.75, 3.05) is 13.6 Å². The second-order valence-corrected chi connectivity index (χ2v) is 4.22. The summed E-state index contributed by atoms with van der Waals surface area (Å²) in [5.74, 6) is 0. The van der Waals surface area contributed by atoms with Crippen LogP contribution in [0.2, 0.25) is 0 Å². The monoisotopic (exact) mass is 237 g/mol. The molecule has 0 aliphatic heterocycles. The van der Waals surface area contributed by atoms with Crippen LogP contribution in [0.4, 0.5) is 0 Å². The van der Waals surface area contributed by atoms with E-state index in [0.717, 1.165) is 23.0 Å². The zero-order valence-electron chi connectivity index (χ0n) is 8.73. The van der Waals surface area contributed by atoms with Crippen molar-refractivity contribution in [1.82, 2.24) is 25.7 Å². The lowest BCUT2D eigenvalue weighted by Gasteiger charge is -1.92. The maximum atomic E-state index is 10.8. The Kier molecular flexibility index (Phi) is 3.37. The van der Waals surface area contributed by atoms with Crippen molar-refractivity contribution in [3.63, 3.8) is 0 Å². The van der Waals surface area contributed by atoms with Crippen molar-refractivity contribution < 1.29 is 0 Å². The summed E-state index contributed by atoms with van der Waals surface area (Å²) in [4.78, 5) is 10.8. The van der Waals surface area contributed by atoms with Gasteiger partial charge in [-0.25, -0.2) is 5.10 Å². The molecule has 0 fully saturated rings. The molecular formula is C9H11N5OS. The zero-order valence-corrected chi connectivity index (χ0v) is 9.54. The maximum absolute atomic E-state index is 10.8. The average Bonchev–Trinajstić information content (AvgIpc) is 2.76. The molecular weight excluding hydrogens is 226 g/mol. The van der Waals surface area contributed by atoms with E-state index in [9.17, 15) is 4.79 Å². The Morgan fingerprint density at radius 3 is 3.00 bits per heavy atom. The number of nitrogens with one attached hydrogen (secondary N) is 2. The van der Waals surface area contributed by atoms with Crippen LogP contribution in [-0.4, -0.2) is 34.0 Å². The lowest BCUT2D eigenvalue weighted by Crippen LogP contribution is -2.09. The minimum atomic E-state index is -0.219. The zero-order chi connectivity index (χ0) is 11.4. The number of rotatable bonds is 4. The minimum Gasteiger partial charge on any atom is -0.319 e. The predicted octanol–water partition coefficient (Wildman–Crippen LogP) is 0.0503. The van der Waals surface area contributed by atoms with E-state index < -0.39 is 0 Å². The number of hydrogen-bond donors (Lipinski definition) is 2. The lowest BCUT2D eigenvalue weighted by molar-refractivity contribution is 0.779. The fourth-order valence-corrected chi connectivity index (χ4v) is 1.96. The third-order valence-corrected chi connectivity index (χ3v) is 2.96. The largest absolute Gasteiger partial charge is 0.319 e. The normalized spacial score (nSPS) is 10.6. The van der Waals surface area contributed by atoms with Crippen LogP contribution in [0, 0.1) is 0 Å². The van der Waals surface area contributed by atoms with Crippen molar-refractivity contribution in [2.45, 2.75) is 6.42 Å². The molecule has 7 heteroatoms. The molecule has 2 heterocycles. The molecule has 0 spiro atoms. The Balaban J connectivity index is 2.18. The summed E-state index contributed by atoms with van der Waals surface area (Å²) in [6.07, 6.45) is 0.845. The first kappa shape index (κ1) is 10.9. The molecule has 2 aromatic rings. The van der Waals surface area contributed by atoms with Crippen LogP contribution >= 0.6 is 11.3 Å². The van der Waals surface area contributed by atoms with Crippen molar-refractivity contribution in [2.24, 2.45) is 0 Å². The molecule has 0 saturated carbocycles. The first-order valence-electron chi connectivity index (χ1n) is 4.82. The molecule has 16 heavy (non-hydrogen) atoms. The Morgan fingerprint density at radius 1 is 1.44 bits per heavy atom. The highest BCUT2D eigenvalue weighted by molar-refractivity contribution is 7.14. The third kappa shape index (κ3) is 2.50. The van der Waals surface area contributed by atoms with E-state index in [2.05, 4.69) is 25.7 Å². The summed E-state index contributed by atoms with van der Waals surface area (Å²) >= 11 is 1.49. The molecule has 84 valence electrons. The van der Waals surface area contributed by atoms with Gasteiger partial charge in [-0.1, -0.05) is 11.3 Å². The van der Waals surface area contributed by atoms with Gasteiger partial charge < -0.3 is 5.32 Å². The van der Waals surface area contributed by atoms with E-state index in [-0.39, 0.29) is 5.56 Å². The second-order valence-electron chi connectivity index (χ2n) is 3.16. The molecule has 0 aliphatic carbocycles. The smallest absolute Gasteiger partial charge is 0.264 e. The van der Waals surface area contributed by atoms with Gasteiger partial charge in [-0.15, -0.1) is 10.2 Å². The van der Waals surface area contributed by atoms with Gasteiger partial charge in [-0.2, -0.15) is 5.10 Å². The first-order valence-corrected chi connectivity index (χ1v) is 5.64. The van der Waals surface area contributed by atoms with E-state index in [1.807, 2.05) is 7.05 Å². The third-order valence-electron chi connectivity index (χ3n) is 1.95. The van der Waals surface area contributed by atoms with Gasteiger partial charge in [-0.05, 0) is 13.1 Å². The van der Waals surface area contributed by atoms with E-state index in [1.54, 1.807) is 6.07 Å². The van der Waals surface area contributed by atoms with E-state index >= 15 is 0 Å². The summed E-state index contributed by atoms with van der Waals surface area (Å²) < 4.78 is 0. The molecule has 0 atom stereocenters. The number of nitrogens with zero attached hydrogens (tertiary/aromatic N) is 3. The van der Waals surface area contributed by atoms with Crippen LogP contribution in [0.5, 0.6) is 0 Å². The van der Waals surface area contributed by atoms with Crippen LogP contribution in [0.1, 0.15) is 5.01 Å². The van der Waals surface area contributed by atoms with Gasteiger partial charge >= 0.3 is 0 Å². The van der Waals surface area contributed by atoms with Crippen molar-refractivity contribution in [3.05, 3.63) is 27.5 Å². The quantitative estimate of drug-likeness (QED) is 0.785. The number of likely N-dealkylation sites (N-methyl/N-ethyl adjacent to an activating group) is 1. The number of hydrogen-bond acceptors (Lipinski definition) is 6. The van der Waals surface area contributed by atoms with Crippen molar-refractivity contribution in [3.8, 4) is 10.7 Å². The molecule has 6 nitrogen and oxygen atoms in total. The Morgan fingerprint density at radius 2 is 2.31 bits per heavy atom. The van der Waals surface area contributed by atoms with Crippen molar-refractivity contribution >= 4 is 11.3 Å². The van der Waals surface area contributed by atoms with Gasteiger partial charge in [0.2, 0.25) is 0 Å². The molecule has 2 N–H and O–H groups in total. The second kappa shape index (κ2) is 4.95. The van der Waals surface area contributed by atoms with Crippen LogP contribution < -0.4 is 10.9 Å². The van der Waals surface area contributed by atoms with E-state index in [4.69, 9.17) is 0 Å². The number of aromatic nitrogens is 4. The molecule has 0 saturated heterocycles. The van der Waals surface area contributed by atoms with E-state index in [1.165, 1.54) is 17.4 Å². The molecule has 0 aliphatic rings. The van der Waals surface area contributed by atoms with Gasteiger partial charge in [0.1, 0.15) is 10.7 Å². The van der Waals surface area contributed by atoms with Crippen LogP contribution in [0.3, 0.4) is 0 Å². The van der Waals surface area contributed by atoms with Crippen LogP contribution in [0.25, 0.3) is 10.7 Å². The Labute approximate surface area is 95.8 Å². The van der Waals surface area contributed by atoms with Gasteiger partial charge in [0.25, 0.3) is 5.56 Å². The summed E-state index contributed by atoms with van der Waals surface area (Å²) in [5, 5.41) is 19.1. The van der Waals surface area contributed by atoms with Gasteiger partial charge in [-0.3, -0.25) is 4.79 Å². The summed E-state index contributed by atoms with van der Waals surface area (Å²) in [6.45, 7) is 0.869. The maximum Gasteiger partial charge on any atom is 0.264 e. The summed E-state index contributed by atoms with van der Waals surface area (Å²) in [7, 11) is 1.89. The summed E-state index contributed by atoms with van der Waals surface area (Å²) in [5.41, 5.74) is 0.427. The number of H-pyrrole nitrogens is 1. The minimum absolute atomic E-state index is 0.219. The van der Waals surface area contributed by atoms with E-state index in [0.29, 0.717) is 5.69 Å². The molecule has 0 radical (unpaired) electrons. The topological polar surface area (TPSA) is 83.6 Å². The molecule has 2 rings (SSSR count). The highest BCUT2D eigenvalue weighted by atomic mass is 32.1. The predicted molar refractivity (Wildman–Crippen MR) is 61.4 cm³/mol. The van der Waals surface area contributed by atoms with Gasteiger partial charge in [0.05, 0.1) is 0 Å². The average molecular weight is 237 g/mol. The molecule has 0 aromatic carbocycles. The molecule has 2 aromatic heterocycles. The highest BCUT2D eigenvalue weighted by Gasteiger charge is 2.07. The number of aromatic amines is 1. The van der Waals surface area contributed by atoms with Crippen molar-refractivity contribution in [1.29, 1.82) is 0 Å². The lowest BCUT2D eigenvalue weighted by atomic mass is 10.4. The molecule has 0 amide bonds. The Bertz CT molecular complexity index is 500. The van der Waals surface area contributed by atoms with Crippen LogP contribution in [-0.2, 0) is 6.42 Å². The van der Waals surface area contributed by atoms with Gasteiger partial charge in [0, 0.05) is 19.0 Å². The highest BCUT2D eigenvalue weighted by Crippen LogP contribution is 2.20. The molecule has 0 bridgehead atoms. The molecule has 0 unspecified atom stereocenters. The Hall–Kier alpha value is -1.60. The fraction of sp³-hybridized carbons (Fsp3) is 0.333. The summed E-state index contributed by atoms with van der Waals surface area (Å²) in [6, 6.07) is 3.07. The fourth-order valence-electron chi connectivity index (χ4n) is 1.15. The van der Waals surface area contributed by atoms with Crippen LogP contribution in [0.15, 0.2) is 16.9 Å². The standard InChI is InChI=1S/C9H11N5OS/c1-10-5-4-8-13-14-9(16-8)6-2-3-7(15)12-11-6/h2-3,10H,4-5H2,1H3,(H,12,15). The first-order chi connectivity index (χ1) is 7.79. The SMILES string of the molecule is CNCCc1nnc(-c2ccc(=O)[nH]n2)s1. The van der Waals surface area contributed by atoms with Gasteiger partial charge in [0.15, 0.2) is 5.01 Å².